The number of ether oxygens (including phenoxy) is 1. The molecule has 0 radical (unpaired) electrons. The first-order chi connectivity index (χ1) is 9.74. The summed E-state index contributed by atoms with van der Waals surface area (Å²) in [7, 11) is 0. The quantitative estimate of drug-likeness (QED) is 0.613. The molecule has 112 valence electrons. The third-order valence-electron chi connectivity index (χ3n) is 4.99. The third-order valence-corrected chi connectivity index (χ3v) is 4.99. The van der Waals surface area contributed by atoms with Crippen molar-refractivity contribution in [3.05, 3.63) is 0 Å². The summed E-state index contributed by atoms with van der Waals surface area (Å²) in [6, 6.07) is 0.295. The van der Waals surface area contributed by atoms with Crippen molar-refractivity contribution in [3.8, 4) is 0 Å². The predicted octanol–water partition coefficient (Wildman–Crippen LogP) is 1.39. The van der Waals surface area contributed by atoms with E-state index in [9.17, 15) is 10.0 Å². The lowest BCUT2D eigenvalue weighted by Crippen LogP contribution is -2.55. The zero-order chi connectivity index (χ0) is 14.1. The van der Waals surface area contributed by atoms with E-state index >= 15 is 0 Å². The maximum atomic E-state index is 11.7. The molecule has 1 heterocycles. The van der Waals surface area contributed by atoms with Crippen LogP contribution in [0.2, 0.25) is 0 Å². The van der Waals surface area contributed by atoms with Gasteiger partial charge in [-0.15, -0.1) is 0 Å². The van der Waals surface area contributed by atoms with Gasteiger partial charge in [-0.3, -0.25) is 4.90 Å². The molecule has 1 saturated heterocycles. The van der Waals surface area contributed by atoms with Crippen LogP contribution < -0.4 is 0 Å². The molecule has 0 unspecified atom stereocenters. The fourth-order valence-corrected chi connectivity index (χ4v) is 4.08. The standard InChI is InChI=1S/C14H23N3O3/c1-2-20-14(18)17-7-5-16(6-8-17)13-11-4-3-10(9-11)12(13)15-19/h10-11,13,19H,2-9H2,1H3/b15-12-/t10-,11+,13-/m0/s1. The number of nitrogens with zero attached hydrogens (tertiary/aromatic N) is 3. The first-order valence-electron chi connectivity index (χ1n) is 7.62. The molecule has 0 aromatic heterocycles. The van der Waals surface area contributed by atoms with Crippen molar-refractivity contribution in [2.45, 2.75) is 32.2 Å². The van der Waals surface area contributed by atoms with Crippen molar-refractivity contribution in [2.24, 2.45) is 17.0 Å². The molecular weight excluding hydrogens is 258 g/mol. The van der Waals surface area contributed by atoms with Crippen LogP contribution in [0.25, 0.3) is 0 Å². The number of oxime groups is 1. The van der Waals surface area contributed by atoms with Gasteiger partial charge in [-0.25, -0.2) is 4.79 Å². The average molecular weight is 281 g/mol. The molecule has 0 aromatic rings. The molecule has 20 heavy (non-hydrogen) atoms. The zero-order valence-electron chi connectivity index (χ0n) is 12.0. The summed E-state index contributed by atoms with van der Waals surface area (Å²) < 4.78 is 5.04. The highest BCUT2D eigenvalue weighted by molar-refractivity contribution is 5.94. The molecule has 2 bridgehead atoms. The lowest BCUT2D eigenvalue weighted by Gasteiger charge is -2.40. The summed E-state index contributed by atoms with van der Waals surface area (Å²) in [5.41, 5.74) is 0.978. The van der Waals surface area contributed by atoms with Gasteiger partial charge in [0.1, 0.15) is 0 Å². The lowest BCUT2D eigenvalue weighted by atomic mass is 9.91. The SMILES string of the molecule is CCOC(=O)N1CCN([C@@H]2/C(=N\O)[C@H]3CC[C@@H]2C3)CC1. The Kier molecular flexibility index (Phi) is 3.83. The second kappa shape index (κ2) is 5.60. The van der Waals surface area contributed by atoms with Gasteiger partial charge in [-0.05, 0) is 32.1 Å². The maximum Gasteiger partial charge on any atom is 0.409 e. The van der Waals surface area contributed by atoms with Crippen LogP contribution in [0.15, 0.2) is 5.16 Å². The molecule has 0 aromatic carbocycles. The number of hydrogen-bond donors (Lipinski definition) is 1. The molecule has 6 heteroatoms. The molecule has 6 nitrogen and oxygen atoms in total. The Morgan fingerprint density at radius 2 is 2.10 bits per heavy atom. The van der Waals surface area contributed by atoms with Gasteiger partial charge in [-0.2, -0.15) is 0 Å². The van der Waals surface area contributed by atoms with Crippen molar-refractivity contribution in [1.82, 2.24) is 9.80 Å². The van der Waals surface area contributed by atoms with Gasteiger partial charge >= 0.3 is 6.09 Å². The van der Waals surface area contributed by atoms with Crippen molar-refractivity contribution < 1.29 is 14.7 Å². The predicted molar refractivity (Wildman–Crippen MR) is 74.0 cm³/mol. The highest BCUT2D eigenvalue weighted by Gasteiger charge is 2.48. The Labute approximate surface area is 119 Å². The molecule has 3 fully saturated rings. The van der Waals surface area contributed by atoms with Crippen molar-refractivity contribution in [1.29, 1.82) is 0 Å². The Hall–Kier alpha value is -1.30. The van der Waals surface area contributed by atoms with Crippen LogP contribution in [-0.4, -0.2) is 65.6 Å². The number of carbonyl (C=O) groups is 1. The molecular formula is C14H23N3O3. The van der Waals surface area contributed by atoms with Crippen LogP contribution >= 0.6 is 0 Å². The summed E-state index contributed by atoms with van der Waals surface area (Å²) in [4.78, 5) is 15.8. The number of piperazine rings is 1. The molecule has 1 N–H and O–H groups in total. The van der Waals surface area contributed by atoms with Crippen LogP contribution in [-0.2, 0) is 4.74 Å². The van der Waals surface area contributed by atoms with E-state index in [1.54, 1.807) is 4.90 Å². The normalized spacial score (nSPS) is 35.8. The van der Waals surface area contributed by atoms with E-state index in [2.05, 4.69) is 10.1 Å². The third kappa shape index (κ3) is 2.26. The molecule has 2 saturated carbocycles. The number of fused-ring (bicyclic) bond motifs is 2. The highest BCUT2D eigenvalue weighted by Crippen LogP contribution is 2.45. The van der Waals surface area contributed by atoms with Crippen LogP contribution in [0.4, 0.5) is 4.79 Å². The molecule has 3 atom stereocenters. The Morgan fingerprint density at radius 3 is 2.75 bits per heavy atom. The van der Waals surface area contributed by atoms with E-state index in [1.165, 1.54) is 19.3 Å². The molecule has 1 aliphatic heterocycles. The summed E-state index contributed by atoms with van der Waals surface area (Å²) in [6.07, 6.45) is 3.37. The monoisotopic (exact) mass is 281 g/mol. The van der Waals surface area contributed by atoms with Crippen LogP contribution in [0, 0.1) is 11.8 Å². The second-order valence-electron chi connectivity index (χ2n) is 5.96. The van der Waals surface area contributed by atoms with E-state index in [0.717, 1.165) is 18.8 Å². The van der Waals surface area contributed by atoms with Crippen molar-refractivity contribution >= 4 is 11.8 Å². The van der Waals surface area contributed by atoms with Crippen LogP contribution in [0.1, 0.15) is 26.2 Å². The summed E-state index contributed by atoms with van der Waals surface area (Å²) in [6.45, 7) is 5.33. The van der Waals surface area contributed by atoms with Crippen molar-refractivity contribution in [3.63, 3.8) is 0 Å². The molecule has 3 rings (SSSR count). The summed E-state index contributed by atoms with van der Waals surface area (Å²) in [5, 5.41) is 12.9. The Balaban J connectivity index is 1.60. The summed E-state index contributed by atoms with van der Waals surface area (Å²) in [5.74, 6) is 1.12. The van der Waals surface area contributed by atoms with E-state index in [-0.39, 0.29) is 6.09 Å². The largest absolute Gasteiger partial charge is 0.450 e. The van der Waals surface area contributed by atoms with E-state index < -0.39 is 0 Å². The van der Waals surface area contributed by atoms with Gasteiger partial charge in [0, 0.05) is 32.1 Å². The van der Waals surface area contributed by atoms with Crippen LogP contribution in [0.3, 0.4) is 0 Å². The fraction of sp³-hybridized carbons (Fsp3) is 0.857. The fourth-order valence-electron chi connectivity index (χ4n) is 4.08. The van der Waals surface area contributed by atoms with Gasteiger partial charge in [0.25, 0.3) is 0 Å². The Morgan fingerprint density at radius 1 is 1.35 bits per heavy atom. The van der Waals surface area contributed by atoms with E-state index in [4.69, 9.17) is 4.74 Å². The van der Waals surface area contributed by atoms with Gasteiger partial charge in [-0.1, -0.05) is 5.16 Å². The van der Waals surface area contributed by atoms with Gasteiger partial charge in [0.15, 0.2) is 0 Å². The van der Waals surface area contributed by atoms with Gasteiger partial charge in [0.2, 0.25) is 0 Å². The van der Waals surface area contributed by atoms with E-state index in [1.807, 2.05) is 6.92 Å². The number of amides is 1. The van der Waals surface area contributed by atoms with Crippen LogP contribution in [0.5, 0.6) is 0 Å². The lowest BCUT2D eigenvalue weighted by molar-refractivity contribution is 0.0678. The topological polar surface area (TPSA) is 65.4 Å². The first kappa shape index (κ1) is 13.7. The smallest absolute Gasteiger partial charge is 0.409 e. The van der Waals surface area contributed by atoms with Gasteiger partial charge in [0.05, 0.1) is 18.4 Å². The molecule has 2 aliphatic carbocycles. The Bertz CT molecular complexity index is 404. The van der Waals surface area contributed by atoms with Gasteiger partial charge < -0.3 is 14.8 Å². The molecule has 1 amide bonds. The average Bonchev–Trinajstić information content (AvgIpc) is 3.08. The first-order valence-corrected chi connectivity index (χ1v) is 7.62. The minimum Gasteiger partial charge on any atom is -0.450 e. The second-order valence-corrected chi connectivity index (χ2v) is 5.96. The minimum absolute atomic E-state index is 0.212. The highest BCUT2D eigenvalue weighted by atomic mass is 16.6. The van der Waals surface area contributed by atoms with E-state index in [0.29, 0.717) is 37.6 Å². The molecule has 0 spiro atoms. The zero-order valence-corrected chi connectivity index (χ0v) is 12.0. The van der Waals surface area contributed by atoms with Crippen molar-refractivity contribution in [2.75, 3.05) is 32.8 Å². The number of carbonyl (C=O) groups excluding carboxylic acids is 1. The minimum atomic E-state index is -0.212. The number of rotatable bonds is 2. The molecule has 3 aliphatic rings. The number of hydrogen-bond acceptors (Lipinski definition) is 5. The maximum absolute atomic E-state index is 11.7. The summed E-state index contributed by atoms with van der Waals surface area (Å²) >= 11 is 0.